The molecule has 2 heterocycles. The molecule has 0 fully saturated rings. The highest BCUT2D eigenvalue weighted by molar-refractivity contribution is 7.89. The van der Waals surface area contributed by atoms with Crippen molar-refractivity contribution < 1.29 is 13.2 Å². The van der Waals surface area contributed by atoms with E-state index in [2.05, 4.69) is 10.3 Å². The van der Waals surface area contributed by atoms with Gasteiger partial charge in [0.2, 0.25) is 10.0 Å². The summed E-state index contributed by atoms with van der Waals surface area (Å²) in [4.78, 5) is 18.3. The summed E-state index contributed by atoms with van der Waals surface area (Å²) in [6.07, 6.45) is 0. The van der Waals surface area contributed by atoms with Crippen LogP contribution in [-0.4, -0.2) is 37.7 Å². The number of hydrogen-bond acceptors (Lipinski definition) is 5. The van der Waals surface area contributed by atoms with Gasteiger partial charge in [0.1, 0.15) is 0 Å². The lowest BCUT2D eigenvalue weighted by molar-refractivity contribution is 0.102. The lowest BCUT2D eigenvalue weighted by atomic mass is 10.1. The molecule has 1 amide bonds. The number of anilines is 1. The van der Waals surface area contributed by atoms with E-state index < -0.39 is 10.0 Å². The molecule has 3 rings (SSSR count). The molecule has 3 aromatic rings. The van der Waals surface area contributed by atoms with Crippen LogP contribution in [-0.2, 0) is 10.0 Å². The lowest BCUT2D eigenvalue weighted by Crippen LogP contribution is -2.22. The smallest absolute Gasteiger partial charge is 0.257 e. The van der Waals surface area contributed by atoms with Crippen LogP contribution >= 0.6 is 11.3 Å². The number of nitrogens with zero attached hydrogens (tertiary/aromatic N) is 2. The standard InChI is InChI=1S/C19H19N3O3S2/c1-13-16(9-10-17(20-13)18-8-5-11-26-18)19(23)21-14-6-4-7-15(12-14)27(24,25)22(2)3/h4-12H,1-3H3,(H,21,23). The Labute approximate surface area is 162 Å². The molecule has 0 unspecified atom stereocenters. The summed E-state index contributed by atoms with van der Waals surface area (Å²) in [7, 11) is -0.642. The maximum absolute atomic E-state index is 12.6. The minimum atomic E-state index is -3.57. The van der Waals surface area contributed by atoms with Crippen LogP contribution in [0.15, 0.2) is 58.8 Å². The maximum Gasteiger partial charge on any atom is 0.257 e. The molecule has 0 spiro atoms. The van der Waals surface area contributed by atoms with E-state index in [1.807, 2.05) is 17.5 Å². The highest BCUT2D eigenvalue weighted by atomic mass is 32.2. The second kappa shape index (κ2) is 7.59. The van der Waals surface area contributed by atoms with Gasteiger partial charge >= 0.3 is 0 Å². The molecule has 0 bridgehead atoms. The van der Waals surface area contributed by atoms with Crippen LogP contribution in [0, 0.1) is 6.92 Å². The van der Waals surface area contributed by atoms with Gasteiger partial charge in [-0.05, 0) is 48.7 Å². The molecule has 0 radical (unpaired) electrons. The van der Waals surface area contributed by atoms with Crippen molar-refractivity contribution in [3.8, 4) is 10.6 Å². The SMILES string of the molecule is Cc1nc(-c2cccs2)ccc1C(=O)Nc1cccc(S(=O)(=O)N(C)C)c1. The molecule has 2 aromatic heterocycles. The first kappa shape index (κ1) is 19.2. The molecule has 0 saturated heterocycles. The van der Waals surface area contributed by atoms with Gasteiger partial charge in [0.05, 0.1) is 26.7 Å². The Morgan fingerprint density at radius 3 is 2.52 bits per heavy atom. The van der Waals surface area contributed by atoms with Crippen molar-refractivity contribution in [3.05, 3.63) is 65.2 Å². The zero-order chi connectivity index (χ0) is 19.6. The lowest BCUT2D eigenvalue weighted by Gasteiger charge is -2.13. The number of rotatable bonds is 5. The number of carbonyl (C=O) groups is 1. The van der Waals surface area contributed by atoms with Gasteiger partial charge in [-0.1, -0.05) is 12.1 Å². The van der Waals surface area contributed by atoms with E-state index in [0.29, 0.717) is 16.9 Å². The Kier molecular flexibility index (Phi) is 5.41. The molecule has 0 saturated carbocycles. The van der Waals surface area contributed by atoms with Crippen molar-refractivity contribution in [3.63, 3.8) is 0 Å². The first-order chi connectivity index (χ1) is 12.8. The first-order valence-electron chi connectivity index (χ1n) is 8.14. The molecule has 8 heteroatoms. The fraction of sp³-hybridized carbons (Fsp3) is 0.158. The number of nitrogens with one attached hydrogen (secondary N) is 1. The van der Waals surface area contributed by atoms with Gasteiger partial charge in [-0.2, -0.15) is 0 Å². The van der Waals surface area contributed by atoms with Gasteiger partial charge < -0.3 is 5.32 Å². The van der Waals surface area contributed by atoms with E-state index in [0.717, 1.165) is 14.9 Å². The summed E-state index contributed by atoms with van der Waals surface area (Å²) in [6.45, 7) is 1.78. The summed E-state index contributed by atoms with van der Waals surface area (Å²) >= 11 is 1.58. The molecule has 1 aromatic carbocycles. The van der Waals surface area contributed by atoms with Crippen LogP contribution in [0.1, 0.15) is 16.1 Å². The van der Waals surface area contributed by atoms with E-state index in [1.165, 1.54) is 26.2 Å². The second-order valence-electron chi connectivity index (χ2n) is 6.08. The van der Waals surface area contributed by atoms with Crippen molar-refractivity contribution in [2.75, 3.05) is 19.4 Å². The average molecular weight is 402 g/mol. The van der Waals surface area contributed by atoms with Crippen molar-refractivity contribution in [2.45, 2.75) is 11.8 Å². The topological polar surface area (TPSA) is 79.4 Å². The minimum absolute atomic E-state index is 0.119. The summed E-state index contributed by atoms with van der Waals surface area (Å²) < 4.78 is 25.6. The highest BCUT2D eigenvalue weighted by Gasteiger charge is 2.18. The maximum atomic E-state index is 12.6. The molecule has 27 heavy (non-hydrogen) atoms. The quantitative estimate of drug-likeness (QED) is 0.708. The fourth-order valence-electron chi connectivity index (χ4n) is 2.51. The predicted molar refractivity (Wildman–Crippen MR) is 108 cm³/mol. The molecule has 0 aliphatic rings. The molecule has 0 aliphatic heterocycles. The van der Waals surface area contributed by atoms with Gasteiger partial charge in [-0.3, -0.25) is 9.78 Å². The summed E-state index contributed by atoms with van der Waals surface area (Å²) in [5.74, 6) is -0.336. The van der Waals surface area contributed by atoms with Gasteiger partial charge in [0.25, 0.3) is 5.91 Å². The molecule has 1 N–H and O–H groups in total. The van der Waals surface area contributed by atoms with Crippen LogP contribution in [0.25, 0.3) is 10.6 Å². The Balaban J connectivity index is 1.84. The van der Waals surface area contributed by atoms with E-state index in [1.54, 1.807) is 42.5 Å². The third kappa shape index (κ3) is 4.08. The average Bonchev–Trinajstić information content (AvgIpc) is 3.16. The monoisotopic (exact) mass is 401 g/mol. The second-order valence-corrected chi connectivity index (χ2v) is 9.18. The van der Waals surface area contributed by atoms with Crippen LogP contribution in [0.2, 0.25) is 0 Å². The number of aromatic nitrogens is 1. The van der Waals surface area contributed by atoms with Crippen LogP contribution in [0.4, 0.5) is 5.69 Å². The summed E-state index contributed by atoms with van der Waals surface area (Å²) in [5, 5.41) is 4.72. The Bertz CT molecular complexity index is 1080. The van der Waals surface area contributed by atoms with Crippen LogP contribution < -0.4 is 5.32 Å². The van der Waals surface area contributed by atoms with Gasteiger partial charge in [-0.15, -0.1) is 11.3 Å². The number of amides is 1. The Hall–Kier alpha value is -2.55. The summed E-state index contributed by atoms with van der Waals surface area (Å²) in [6, 6.07) is 13.6. The molecule has 140 valence electrons. The Morgan fingerprint density at radius 1 is 1.11 bits per heavy atom. The van der Waals surface area contributed by atoms with Crippen molar-refractivity contribution in [1.82, 2.24) is 9.29 Å². The zero-order valence-corrected chi connectivity index (χ0v) is 16.8. The normalized spacial score (nSPS) is 11.6. The zero-order valence-electron chi connectivity index (χ0n) is 15.1. The molecule has 6 nitrogen and oxygen atoms in total. The van der Waals surface area contributed by atoms with Gasteiger partial charge in [0.15, 0.2) is 0 Å². The number of hydrogen-bond donors (Lipinski definition) is 1. The number of aryl methyl sites for hydroxylation is 1. The number of sulfonamides is 1. The summed E-state index contributed by atoms with van der Waals surface area (Å²) in [5.41, 5.74) is 2.27. The molecule has 0 aliphatic carbocycles. The van der Waals surface area contributed by atoms with E-state index in [-0.39, 0.29) is 10.8 Å². The number of carbonyl (C=O) groups excluding carboxylic acids is 1. The third-order valence-corrected chi connectivity index (χ3v) is 6.68. The number of benzene rings is 1. The first-order valence-corrected chi connectivity index (χ1v) is 10.5. The number of pyridine rings is 1. The van der Waals surface area contributed by atoms with Crippen molar-refractivity contribution in [2.24, 2.45) is 0 Å². The van der Waals surface area contributed by atoms with E-state index in [4.69, 9.17) is 0 Å². The van der Waals surface area contributed by atoms with Crippen LogP contribution in [0.3, 0.4) is 0 Å². The van der Waals surface area contributed by atoms with E-state index >= 15 is 0 Å². The van der Waals surface area contributed by atoms with Gasteiger partial charge in [0, 0.05) is 19.8 Å². The predicted octanol–water partition coefficient (Wildman–Crippen LogP) is 3.62. The minimum Gasteiger partial charge on any atom is -0.322 e. The van der Waals surface area contributed by atoms with Crippen molar-refractivity contribution in [1.29, 1.82) is 0 Å². The van der Waals surface area contributed by atoms with E-state index in [9.17, 15) is 13.2 Å². The molecular formula is C19H19N3O3S2. The number of thiophene rings is 1. The molecular weight excluding hydrogens is 382 g/mol. The molecule has 0 atom stereocenters. The largest absolute Gasteiger partial charge is 0.322 e. The van der Waals surface area contributed by atoms with Gasteiger partial charge in [-0.25, -0.2) is 12.7 Å². The van der Waals surface area contributed by atoms with Crippen molar-refractivity contribution >= 4 is 33.0 Å². The highest BCUT2D eigenvalue weighted by Crippen LogP contribution is 2.24. The fourth-order valence-corrected chi connectivity index (χ4v) is 4.15. The van der Waals surface area contributed by atoms with Crippen LogP contribution in [0.5, 0.6) is 0 Å². The third-order valence-electron chi connectivity index (χ3n) is 3.97. The Morgan fingerprint density at radius 2 is 1.89 bits per heavy atom.